The number of para-hydroxylation sites is 1. The van der Waals surface area contributed by atoms with E-state index in [1.54, 1.807) is 7.11 Å². The molecule has 0 saturated carbocycles. The van der Waals surface area contributed by atoms with Crippen LogP contribution in [-0.2, 0) is 29.0 Å². The molecule has 1 N–H and O–H groups in total. The average molecular weight is 404 g/mol. The van der Waals surface area contributed by atoms with Crippen molar-refractivity contribution in [2.45, 2.75) is 32.3 Å². The van der Waals surface area contributed by atoms with E-state index in [0.29, 0.717) is 19.6 Å². The molecule has 3 aromatic rings. The summed E-state index contributed by atoms with van der Waals surface area (Å²) < 4.78 is 11.0. The van der Waals surface area contributed by atoms with Crippen LogP contribution in [0.25, 0.3) is 0 Å². The van der Waals surface area contributed by atoms with Gasteiger partial charge >= 0.3 is 0 Å². The van der Waals surface area contributed by atoms with Crippen LogP contribution in [0.1, 0.15) is 29.5 Å². The molecule has 1 amide bonds. The van der Waals surface area contributed by atoms with Crippen molar-refractivity contribution < 1.29 is 14.3 Å². The summed E-state index contributed by atoms with van der Waals surface area (Å²) in [5.41, 5.74) is 4.48. The minimum atomic E-state index is -0.0308. The van der Waals surface area contributed by atoms with Gasteiger partial charge in [-0.05, 0) is 54.2 Å². The number of hydrogen-bond acceptors (Lipinski definition) is 3. The molecular formula is C26H29NO3. The molecule has 0 aromatic heterocycles. The van der Waals surface area contributed by atoms with Gasteiger partial charge in [-0.25, -0.2) is 0 Å². The highest BCUT2D eigenvalue weighted by Gasteiger charge is 2.05. The lowest BCUT2D eigenvalue weighted by Gasteiger charge is -2.12. The molecule has 0 fully saturated rings. The highest BCUT2D eigenvalue weighted by atomic mass is 16.5. The van der Waals surface area contributed by atoms with Gasteiger partial charge in [0.25, 0.3) is 0 Å². The van der Waals surface area contributed by atoms with Crippen LogP contribution in [-0.4, -0.2) is 19.6 Å². The molecule has 0 aliphatic heterocycles. The van der Waals surface area contributed by atoms with Crippen molar-refractivity contribution in [2.75, 3.05) is 19.0 Å². The van der Waals surface area contributed by atoms with Gasteiger partial charge in [0, 0.05) is 12.8 Å². The fourth-order valence-electron chi connectivity index (χ4n) is 3.24. The summed E-state index contributed by atoms with van der Waals surface area (Å²) >= 11 is 0. The molecule has 0 bridgehead atoms. The quantitative estimate of drug-likeness (QED) is 0.465. The maximum absolute atomic E-state index is 11.8. The molecular weight excluding hydrogens is 374 g/mol. The number of nitrogens with one attached hydrogen (secondary N) is 1. The first-order chi connectivity index (χ1) is 14.7. The number of anilines is 1. The third-order valence-electron chi connectivity index (χ3n) is 4.89. The zero-order valence-corrected chi connectivity index (χ0v) is 17.5. The molecule has 30 heavy (non-hydrogen) atoms. The number of hydrogen-bond donors (Lipinski definition) is 1. The van der Waals surface area contributed by atoms with Gasteiger partial charge in [-0.3, -0.25) is 4.79 Å². The van der Waals surface area contributed by atoms with Gasteiger partial charge in [-0.2, -0.15) is 0 Å². The number of rotatable bonds is 11. The lowest BCUT2D eigenvalue weighted by atomic mass is 10.0. The second kappa shape index (κ2) is 11.8. The Morgan fingerprint density at radius 3 is 2.33 bits per heavy atom. The van der Waals surface area contributed by atoms with Crippen molar-refractivity contribution >= 4 is 11.6 Å². The molecule has 3 rings (SSSR count). The van der Waals surface area contributed by atoms with E-state index in [9.17, 15) is 4.79 Å². The van der Waals surface area contributed by atoms with Crippen molar-refractivity contribution in [3.05, 3.63) is 95.6 Å². The fraction of sp³-hybridized carbons (Fsp3) is 0.269. The number of carbonyl (C=O) groups excluding carboxylic acids is 1. The molecule has 0 aliphatic rings. The summed E-state index contributed by atoms with van der Waals surface area (Å²) in [7, 11) is 1.59. The molecule has 0 saturated heterocycles. The van der Waals surface area contributed by atoms with E-state index in [1.807, 2.05) is 42.5 Å². The van der Waals surface area contributed by atoms with Crippen LogP contribution in [0.15, 0.2) is 78.9 Å². The Morgan fingerprint density at radius 1 is 0.833 bits per heavy atom. The molecule has 156 valence electrons. The minimum absolute atomic E-state index is 0.0308. The van der Waals surface area contributed by atoms with Crippen molar-refractivity contribution in [3.63, 3.8) is 0 Å². The molecule has 3 aromatic carbocycles. The van der Waals surface area contributed by atoms with E-state index in [2.05, 4.69) is 41.7 Å². The Balaban J connectivity index is 1.47. The molecule has 4 nitrogen and oxygen atoms in total. The molecule has 0 heterocycles. The van der Waals surface area contributed by atoms with Crippen LogP contribution >= 0.6 is 0 Å². The predicted octanol–water partition coefficient (Wildman–Crippen LogP) is 5.42. The highest BCUT2D eigenvalue weighted by molar-refractivity contribution is 5.90. The third kappa shape index (κ3) is 7.05. The largest absolute Gasteiger partial charge is 0.489 e. The predicted molar refractivity (Wildman–Crippen MR) is 121 cm³/mol. The second-order valence-electron chi connectivity index (χ2n) is 7.22. The summed E-state index contributed by atoms with van der Waals surface area (Å²) in [4.78, 5) is 11.8. The Bertz CT molecular complexity index is 907. The molecule has 4 heteroatoms. The molecule has 0 radical (unpaired) electrons. The Kier molecular flexibility index (Phi) is 8.48. The smallest absolute Gasteiger partial charge is 0.226 e. The van der Waals surface area contributed by atoms with Crippen LogP contribution in [0.2, 0.25) is 0 Å². The zero-order chi connectivity index (χ0) is 21.0. The Morgan fingerprint density at radius 2 is 1.57 bits per heavy atom. The van der Waals surface area contributed by atoms with Crippen molar-refractivity contribution in [1.82, 2.24) is 0 Å². The summed E-state index contributed by atoms with van der Waals surface area (Å²) in [6, 6.07) is 26.5. The highest BCUT2D eigenvalue weighted by Crippen LogP contribution is 2.22. The van der Waals surface area contributed by atoms with Crippen LogP contribution in [0, 0.1) is 0 Å². The third-order valence-corrected chi connectivity index (χ3v) is 4.89. The Labute approximate surface area is 178 Å². The van der Waals surface area contributed by atoms with Crippen LogP contribution in [0.5, 0.6) is 5.75 Å². The fourth-order valence-corrected chi connectivity index (χ4v) is 3.24. The van der Waals surface area contributed by atoms with E-state index in [1.165, 1.54) is 16.7 Å². The van der Waals surface area contributed by atoms with Crippen molar-refractivity contribution in [1.29, 1.82) is 0 Å². The Hall–Kier alpha value is -3.11. The van der Waals surface area contributed by atoms with Gasteiger partial charge in [0.05, 0.1) is 13.0 Å². The van der Waals surface area contributed by atoms with E-state index < -0.39 is 0 Å². The molecule has 0 unspecified atom stereocenters. The lowest BCUT2D eigenvalue weighted by Crippen LogP contribution is -2.13. The first-order valence-electron chi connectivity index (χ1n) is 10.4. The number of amides is 1. The first kappa shape index (κ1) is 21.6. The number of ether oxygens (including phenoxy) is 2. The summed E-state index contributed by atoms with van der Waals surface area (Å²) in [6.45, 7) is 1.01. The minimum Gasteiger partial charge on any atom is -0.489 e. The SMILES string of the molecule is COCCC(=O)Nc1ccc(CCCc2ccccc2OCc2ccccc2)cc1. The van der Waals surface area contributed by atoms with Crippen LogP contribution < -0.4 is 10.1 Å². The van der Waals surface area contributed by atoms with Gasteiger partial charge in [-0.1, -0.05) is 60.7 Å². The number of carbonyl (C=O) groups is 1. The average Bonchev–Trinajstić information content (AvgIpc) is 2.79. The second-order valence-corrected chi connectivity index (χ2v) is 7.22. The zero-order valence-electron chi connectivity index (χ0n) is 17.5. The summed E-state index contributed by atoms with van der Waals surface area (Å²) in [6.07, 6.45) is 3.33. The first-order valence-corrected chi connectivity index (χ1v) is 10.4. The van der Waals surface area contributed by atoms with Gasteiger partial charge in [-0.15, -0.1) is 0 Å². The monoisotopic (exact) mass is 403 g/mol. The van der Waals surface area contributed by atoms with E-state index in [-0.39, 0.29) is 5.91 Å². The number of aryl methyl sites for hydroxylation is 2. The maximum atomic E-state index is 11.8. The lowest BCUT2D eigenvalue weighted by molar-refractivity contribution is -0.117. The van der Waals surface area contributed by atoms with Crippen molar-refractivity contribution in [3.8, 4) is 5.75 Å². The maximum Gasteiger partial charge on any atom is 0.226 e. The summed E-state index contributed by atoms with van der Waals surface area (Å²) in [5.74, 6) is 0.923. The van der Waals surface area contributed by atoms with Gasteiger partial charge < -0.3 is 14.8 Å². The molecule has 0 aliphatic carbocycles. The molecule has 0 spiro atoms. The number of benzene rings is 3. The van der Waals surface area contributed by atoms with E-state index >= 15 is 0 Å². The van der Waals surface area contributed by atoms with Crippen LogP contribution in [0.3, 0.4) is 0 Å². The van der Waals surface area contributed by atoms with E-state index in [4.69, 9.17) is 9.47 Å². The van der Waals surface area contributed by atoms with Gasteiger partial charge in [0.15, 0.2) is 0 Å². The van der Waals surface area contributed by atoms with Crippen LogP contribution in [0.4, 0.5) is 5.69 Å². The van der Waals surface area contributed by atoms with Crippen molar-refractivity contribution in [2.24, 2.45) is 0 Å². The molecule has 0 atom stereocenters. The standard InChI is InChI=1S/C26H29NO3/c1-29-19-18-26(28)27-24-16-14-21(15-17-24)10-7-12-23-11-5-6-13-25(23)30-20-22-8-3-2-4-9-22/h2-6,8-9,11,13-17H,7,10,12,18-20H2,1H3,(H,27,28). The normalized spacial score (nSPS) is 10.6. The van der Waals surface area contributed by atoms with Gasteiger partial charge in [0.1, 0.15) is 12.4 Å². The van der Waals surface area contributed by atoms with Gasteiger partial charge in [0.2, 0.25) is 5.91 Å². The topological polar surface area (TPSA) is 47.6 Å². The number of methoxy groups -OCH3 is 1. The van der Waals surface area contributed by atoms with E-state index in [0.717, 1.165) is 30.7 Å². The summed E-state index contributed by atoms with van der Waals surface area (Å²) in [5, 5.41) is 2.89.